The van der Waals surface area contributed by atoms with Crippen LogP contribution in [0.4, 0.5) is 0 Å². The molecule has 0 unspecified atom stereocenters. The van der Waals surface area contributed by atoms with Gasteiger partial charge in [-0.15, -0.1) is 0 Å². The minimum atomic E-state index is 0. The van der Waals surface area contributed by atoms with E-state index in [-0.39, 0.29) is 554 Å². The fourth-order valence-corrected chi connectivity index (χ4v) is 0. The summed E-state index contributed by atoms with van der Waals surface area (Å²) in [6, 6.07) is 0. The van der Waals surface area contributed by atoms with Gasteiger partial charge in [-0.3, -0.25) is 0 Å². The molecule has 0 N–H and O–H groups in total. The molecule has 0 aliphatic heterocycles. The van der Waals surface area contributed by atoms with Gasteiger partial charge in [0.15, 0.2) is 0 Å². The van der Waals surface area contributed by atoms with Gasteiger partial charge in [0.05, 0.1) is 0 Å². The van der Waals surface area contributed by atoms with Crippen molar-refractivity contribution in [2.24, 2.45) is 0 Å². The van der Waals surface area contributed by atoms with E-state index in [0.29, 0.717) is 0 Å². The molecule has 0 spiro atoms. The van der Waals surface area contributed by atoms with Gasteiger partial charge in [-0.25, -0.2) is 0 Å². The second-order valence-electron chi connectivity index (χ2n) is 0. The van der Waals surface area contributed by atoms with Crippen LogP contribution >= 0.6 is 0 Å². The molecule has 0 aromatic carbocycles. The summed E-state index contributed by atoms with van der Waals surface area (Å²) in [5.41, 5.74) is 0. The van der Waals surface area contributed by atoms with Crippen LogP contribution in [0, 0.1) is 0 Å². The minimum absolute atomic E-state index is 0. The van der Waals surface area contributed by atoms with Crippen molar-refractivity contribution >= 4 is 0 Å². The summed E-state index contributed by atoms with van der Waals surface area (Å²) in [6.07, 6.45) is 0. The quantitative estimate of drug-likeness (QED) is 0.320. The van der Waals surface area contributed by atoms with Crippen LogP contribution in [0.5, 0.6) is 0 Å². The number of rotatable bonds is 0. The van der Waals surface area contributed by atoms with E-state index in [1.807, 2.05) is 0 Å². The molecule has 0 aromatic heterocycles. The summed E-state index contributed by atoms with van der Waals surface area (Å²) in [4.78, 5) is 0. The molecule has 28 heteroatoms. The maximum Gasteiger partial charge on any atom is 0 e. The summed E-state index contributed by atoms with van der Waals surface area (Å²) >= 11 is 0. The molecule has 0 aliphatic carbocycles. The average Bonchev–Trinajstić information content (AvgIpc) is 0. The molecule has 0 radical (unpaired) electrons. The van der Waals surface area contributed by atoms with Gasteiger partial charge in [-0.2, -0.15) is 0 Å². The molecule has 0 fully saturated rings. The van der Waals surface area contributed by atoms with Gasteiger partial charge in [-0.05, 0) is 0 Å². The van der Waals surface area contributed by atoms with E-state index in [4.69, 9.17) is 0 Å². The maximum absolute atomic E-state index is 0. The van der Waals surface area contributed by atoms with Crippen LogP contribution in [-0.4, -0.2) is 0 Å². The first kappa shape index (κ1) is 290. The first-order valence-corrected chi connectivity index (χ1v) is 0. The first-order chi connectivity index (χ1) is 0. The van der Waals surface area contributed by atoms with Crippen molar-refractivity contribution in [3.63, 3.8) is 0 Å². The molecule has 0 aromatic rings. The van der Waals surface area contributed by atoms with E-state index in [2.05, 4.69) is 0 Å². The zero-order chi connectivity index (χ0) is 0. The van der Waals surface area contributed by atoms with Crippen molar-refractivity contribution in [3.05, 3.63) is 0 Å². The summed E-state index contributed by atoms with van der Waals surface area (Å²) in [5.74, 6) is 0. The second kappa shape index (κ2) is 271. The predicted octanol–water partition coefficient (Wildman–Crippen LogP) is -0.0700. The van der Waals surface area contributed by atoms with Gasteiger partial charge in [0.25, 0.3) is 0 Å². The Kier molecular flexibility index (Phi) is 2810. The second-order valence-corrected chi connectivity index (χ2v) is 0. The van der Waals surface area contributed by atoms with E-state index >= 15 is 0 Å². The molecule has 0 aliphatic rings. The molecule has 0 nitrogen and oxygen atoms in total. The first-order valence-electron chi connectivity index (χ1n) is 0. The minimum Gasteiger partial charge on any atom is 0 e. The van der Waals surface area contributed by atoms with Crippen LogP contribution in [0.2, 0.25) is 0 Å². The Morgan fingerprint density at radius 3 is 0.0357 bits per heavy atom. The maximum atomic E-state index is 0. The zero-order valence-corrected chi connectivity index (χ0v) is 81.0. The average molecular weight is 5330 g/mol. The largest absolute Gasteiger partial charge is 0 e. The smallest absolute Gasteiger partial charge is 0 e. The Labute approximate surface area is 538 Å². The molecular weight excluding hydrogens is 5330 g/mol. The van der Waals surface area contributed by atoms with Crippen molar-refractivity contribution in [2.45, 2.75) is 0 Å². The van der Waals surface area contributed by atoms with Crippen molar-refractivity contribution in [1.82, 2.24) is 0 Å². The molecule has 28 heavy (non-hydrogen) atoms. The topological polar surface area (TPSA) is 0 Å². The van der Waals surface area contributed by atoms with Crippen molar-refractivity contribution in [2.75, 3.05) is 0 Å². The molecule has 224 valence electrons. The van der Waals surface area contributed by atoms with Gasteiger partial charge in [0, 0.05) is 554 Å². The third-order valence-corrected chi connectivity index (χ3v) is 0. The van der Waals surface area contributed by atoms with Crippen LogP contribution in [0.1, 0.15) is 0 Å². The molecule has 0 bridgehead atoms. The Hall–Kier alpha value is 17.8. The Morgan fingerprint density at radius 2 is 0.0357 bits per heavy atom. The van der Waals surface area contributed by atoms with E-state index in [1.54, 1.807) is 0 Å². The SMILES string of the molecule is [Os].[Os].[Os].[Os].[Os].[Os].[Os].[Os].[Os].[Os].[Os].[Os].[Os].[Os].[Os].[Os].[Os].[Os].[Os].[Os].[Os].[Os].[Os].[Os].[Os].[Os].[Os].[Os]. The molecule has 0 heterocycles. The number of hydrogen-bond acceptors (Lipinski definition) is 0. The van der Waals surface area contributed by atoms with Crippen LogP contribution in [0.3, 0.4) is 0 Å². The van der Waals surface area contributed by atoms with Crippen LogP contribution in [0.25, 0.3) is 0 Å². The van der Waals surface area contributed by atoms with Crippen LogP contribution in [0.15, 0.2) is 0 Å². The van der Waals surface area contributed by atoms with Gasteiger partial charge in [-0.1, -0.05) is 0 Å². The van der Waals surface area contributed by atoms with Crippen LogP contribution < -0.4 is 0 Å². The molecule has 0 rings (SSSR count). The van der Waals surface area contributed by atoms with Gasteiger partial charge in [0.1, 0.15) is 0 Å². The fourth-order valence-electron chi connectivity index (χ4n) is 0. The van der Waals surface area contributed by atoms with E-state index in [0.717, 1.165) is 0 Å². The molecule has 0 atom stereocenters. The number of hydrogen-bond donors (Lipinski definition) is 0. The van der Waals surface area contributed by atoms with Crippen LogP contribution in [-0.2, 0) is 554 Å². The third kappa shape index (κ3) is 253. The monoisotopic (exact) mass is 5370 g/mol. The predicted molar refractivity (Wildman–Crippen MR) is 0 cm³/mol. The Morgan fingerprint density at radius 1 is 0.0357 bits per heavy atom. The van der Waals surface area contributed by atoms with E-state index < -0.39 is 0 Å². The molecular formula is Os28. The van der Waals surface area contributed by atoms with Crippen molar-refractivity contribution in [1.29, 1.82) is 0 Å². The summed E-state index contributed by atoms with van der Waals surface area (Å²) < 4.78 is 0. The van der Waals surface area contributed by atoms with Gasteiger partial charge < -0.3 is 0 Å². The van der Waals surface area contributed by atoms with Gasteiger partial charge >= 0.3 is 0 Å². The van der Waals surface area contributed by atoms with Gasteiger partial charge in [0.2, 0.25) is 0 Å². The zero-order valence-electron chi connectivity index (χ0n) is 9.90. The Bertz CT molecular complexity index is 0. The summed E-state index contributed by atoms with van der Waals surface area (Å²) in [6.45, 7) is 0. The molecule has 0 saturated heterocycles. The van der Waals surface area contributed by atoms with Crippen molar-refractivity contribution < 1.29 is 554 Å². The standard InChI is InChI=1S/28Os. The molecule has 0 saturated carbocycles. The summed E-state index contributed by atoms with van der Waals surface area (Å²) in [7, 11) is 0. The third-order valence-electron chi connectivity index (χ3n) is 0. The fraction of sp³-hybridized carbons (Fsp3) is 0. The van der Waals surface area contributed by atoms with Crippen molar-refractivity contribution in [3.8, 4) is 0 Å². The Balaban J connectivity index is 0. The van der Waals surface area contributed by atoms with E-state index in [1.165, 1.54) is 0 Å². The van der Waals surface area contributed by atoms with E-state index in [9.17, 15) is 0 Å². The normalized spacial score (nSPS) is 0. The molecule has 0 amide bonds. The summed E-state index contributed by atoms with van der Waals surface area (Å²) in [5, 5.41) is 0.